The van der Waals surface area contributed by atoms with E-state index in [0.29, 0.717) is 12.1 Å². The van der Waals surface area contributed by atoms with Crippen LogP contribution in [-0.4, -0.2) is 21.9 Å². The molecular formula is C24H20BrF3N2O3. The van der Waals surface area contributed by atoms with Gasteiger partial charge >= 0.3 is 6.18 Å². The third-order valence-electron chi connectivity index (χ3n) is 5.33. The first-order valence-corrected chi connectivity index (χ1v) is 10.1. The predicted molar refractivity (Wildman–Crippen MR) is 109 cm³/mol. The van der Waals surface area contributed by atoms with Crippen molar-refractivity contribution in [3.05, 3.63) is 88.5 Å². The Bertz CT molecular complexity index is 1240. The van der Waals surface area contributed by atoms with Crippen LogP contribution in [-0.2, 0) is 19.3 Å². The van der Waals surface area contributed by atoms with E-state index in [1.165, 1.54) is 4.57 Å². The summed E-state index contributed by atoms with van der Waals surface area (Å²) in [5, 5.41) is 0. The van der Waals surface area contributed by atoms with Crippen molar-refractivity contribution < 1.29 is 49.1 Å². The van der Waals surface area contributed by atoms with Crippen LogP contribution in [0.15, 0.2) is 54.9 Å². The van der Waals surface area contributed by atoms with Crippen LogP contribution in [0.25, 0.3) is 0 Å². The molecule has 0 unspecified atom stereocenters. The minimum Gasteiger partial charge on any atom is -1.00 e. The van der Waals surface area contributed by atoms with Gasteiger partial charge < -0.3 is 17.0 Å². The summed E-state index contributed by atoms with van der Waals surface area (Å²) >= 11 is 0. The number of ketones is 3. The SMILES string of the molecule is CC(C)Cn1c[n+](CC(=O)c2ccc(C(F)(F)F)cc2)c2c1C(=O)c1ccccc1C2=O.[Br-]. The normalized spacial score (nSPS) is 12.9. The summed E-state index contributed by atoms with van der Waals surface area (Å²) in [5.74, 6) is -0.951. The molecule has 0 amide bonds. The maximum absolute atomic E-state index is 13.2. The highest BCUT2D eigenvalue weighted by Gasteiger charge is 2.41. The van der Waals surface area contributed by atoms with Crippen molar-refractivity contribution in [2.75, 3.05) is 0 Å². The number of carbonyl (C=O) groups is 3. The van der Waals surface area contributed by atoms with Crippen molar-refractivity contribution in [1.82, 2.24) is 4.57 Å². The average Bonchev–Trinajstić information content (AvgIpc) is 3.08. The van der Waals surface area contributed by atoms with Gasteiger partial charge in [0.1, 0.15) is 0 Å². The average molecular weight is 521 g/mol. The smallest absolute Gasteiger partial charge is 0.416 e. The standard InChI is InChI=1S/C24H20F3N2O3.BrH/c1-14(2)11-28-13-29(12-19(30)15-7-9-16(10-8-15)24(25,26)27)21-20(28)22(31)17-5-3-4-6-18(17)23(21)32;/h3-10,13-14H,11-12H2,1-2H3;1H/q+1;/p-1. The minimum absolute atomic E-state index is 0. The monoisotopic (exact) mass is 520 g/mol. The number of alkyl halides is 3. The van der Waals surface area contributed by atoms with Gasteiger partial charge in [-0.15, -0.1) is 0 Å². The predicted octanol–water partition coefficient (Wildman–Crippen LogP) is 1.11. The molecule has 1 heterocycles. The summed E-state index contributed by atoms with van der Waals surface area (Å²) in [6.45, 7) is 4.12. The Hall–Kier alpha value is -3.07. The van der Waals surface area contributed by atoms with E-state index in [4.69, 9.17) is 0 Å². The summed E-state index contributed by atoms with van der Waals surface area (Å²) in [6, 6.07) is 10.5. The van der Waals surface area contributed by atoms with Gasteiger partial charge in [-0.3, -0.25) is 14.4 Å². The molecule has 1 aromatic heterocycles. The van der Waals surface area contributed by atoms with E-state index in [0.717, 1.165) is 24.3 Å². The van der Waals surface area contributed by atoms with Gasteiger partial charge in [0, 0.05) is 16.7 Å². The van der Waals surface area contributed by atoms with Gasteiger partial charge in [0.05, 0.1) is 12.1 Å². The number of benzene rings is 2. The first kappa shape index (κ1) is 24.6. The first-order valence-electron chi connectivity index (χ1n) is 10.1. The van der Waals surface area contributed by atoms with E-state index < -0.39 is 17.5 Å². The molecular weight excluding hydrogens is 501 g/mol. The fourth-order valence-corrected chi connectivity index (χ4v) is 3.91. The fourth-order valence-electron chi connectivity index (χ4n) is 3.91. The van der Waals surface area contributed by atoms with Crippen LogP contribution < -0.4 is 21.5 Å². The van der Waals surface area contributed by atoms with E-state index in [1.54, 1.807) is 35.2 Å². The molecule has 0 spiro atoms. The van der Waals surface area contributed by atoms with Gasteiger partial charge in [-0.1, -0.05) is 50.2 Å². The zero-order chi connectivity index (χ0) is 23.2. The highest BCUT2D eigenvalue weighted by Crippen LogP contribution is 2.29. The molecule has 33 heavy (non-hydrogen) atoms. The van der Waals surface area contributed by atoms with Crippen LogP contribution in [0.4, 0.5) is 13.2 Å². The Morgan fingerprint density at radius 1 is 0.970 bits per heavy atom. The Labute approximate surface area is 198 Å². The van der Waals surface area contributed by atoms with Crippen molar-refractivity contribution in [2.24, 2.45) is 5.92 Å². The largest absolute Gasteiger partial charge is 1.00 e. The van der Waals surface area contributed by atoms with E-state index in [-0.39, 0.29) is 63.5 Å². The lowest BCUT2D eigenvalue weighted by molar-refractivity contribution is -0.684. The van der Waals surface area contributed by atoms with E-state index >= 15 is 0 Å². The molecule has 9 heteroatoms. The second-order valence-corrected chi connectivity index (χ2v) is 8.19. The molecule has 5 nitrogen and oxygen atoms in total. The molecule has 0 saturated heterocycles. The number of imidazole rings is 1. The number of Topliss-reactive ketones (excluding diaryl/α,β-unsaturated/α-hetero) is 1. The molecule has 172 valence electrons. The number of hydrogen-bond acceptors (Lipinski definition) is 3. The molecule has 0 fully saturated rings. The number of nitrogens with zero attached hydrogens (tertiary/aromatic N) is 2. The summed E-state index contributed by atoms with van der Waals surface area (Å²) in [5.41, 5.74) is 0.167. The molecule has 0 N–H and O–H groups in total. The first-order chi connectivity index (χ1) is 15.1. The number of halogens is 4. The Morgan fingerprint density at radius 2 is 1.55 bits per heavy atom. The number of rotatable bonds is 5. The Balaban J connectivity index is 0.00000306. The van der Waals surface area contributed by atoms with Gasteiger partial charge in [0.15, 0.2) is 6.54 Å². The molecule has 3 aromatic rings. The lowest BCUT2D eigenvalue weighted by atomic mass is 9.89. The molecule has 0 saturated carbocycles. The molecule has 0 atom stereocenters. The third kappa shape index (κ3) is 4.55. The molecule has 0 bridgehead atoms. The third-order valence-corrected chi connectivity index (χ3v) is 5.33. The van der Waals surface area contributed by atoms with E-state index in [1.807, 2.05) is 13.8 Å². The number of carbonyl (C=O) groups excluding carboxylic acids is 3. The second kappa shape index (κ2) is 9.05. The maximum Gasteiger partial charge on any atom is 0.416 e. The van der Waals surface area contributed by atoms with Gasteiger partial charge in [0.2, 0.25) is 35.1 Å². The summed E-state index contributed by atoms with van der Waals surface area (Å²) < 4.78 is 41.5. The highest BCUT2D eigenvalue weighted by molar-refractivity contribution is 6.26. The molecule has 1 aliphatic carbocycles. The quantitative estimate of drug-likeness (QED) is 0.292. The van der Waals surface area contributed by atoms with Crippen molar-refractivity contribution in [1.29, 1.82) is 0 Å². The molecule has 0 radical (unpaired) electrons. The Kier molecular flexibility index (Phi) is 6.74. The number of aromatic nitrogens is 2. The molecule has 4 rings (SSSR count). The van der Waals surface area contributed by atoms with Gasteiger partial charge in [-0.2, -0.15) is 13.2 Å². The zero-order valence-corrected chi connectivity index (χ0v) is 19.4. The van der Waals surface area contributed by atoms with Crippen LogP contribution in [0.5, 0.6) is 0 Å². The van der Waals surface area contributed by atoms with Crippen LogP contribution in [0, 0.1) is 5.92 Å². The fraction of sp³-hybridized carbons (Fsp3) is 0.250. The lowest BCUT2D eigenvalue weighted by Gasteiger charge is -2.13. The molecule has 1 aliphatic rings. The highest BCUT2D eigenvalue weighted by atomic mass is 79.9. The maximum atomic E-state index is 13.2. The van der Waals surface area contributed by atoms with Crippen molar-refractivity contribution >= 4 is 17.3 Å². The second-order valence-electron chi connectivity index (χ2n) is 8.19. The van der Waals surface area contributed by atoms with Crippen molar-refractivity contribution in [3.63, 3.8) is 0 Å². The summed E-state index contributed by atoms with van der Waals surface area (Å²) in [4.78, 5) is 39.2. The summed E-state index contributed by atoms with van der Waals surface area (Å²) in [6.07, 6.45) is -2.93. The number of fused-ring (bicyclic) bond motifs is 2. The Morgan fingerprint density at radius 3 is 2.09 bits per heavy atom. The van der Waals surface area contributed by atoms with Gasteiger partial charge in [-0.05, 0) is 18.1 Å². The van der Waals surface area contributed by atoms with Crippen molar-refractivity contribution in [3.8, 4) is 0 Å². The topological polar surface area (TPSA) is 60.0 Å². The lowest BCUT2D eigenvalue weighted by Crippen LogP contribution is -3.00. The van der Waals surface area contributed by atoms with Gasteiger partial charge in [0.25, 0.3) is 0 Å². The molecule has 2 aromatic carbocycles. The minimum atomic E-state index is -4.50. The van der Waals surface area contributed by atoms with Crippen LogP contribution in [0.1, 0.15) is 61.9 Å². The van der Waals surface area contributed by atoms with Crippen LogP contribution in [0.2, 0.25) is 0 Å². The number of hydrogen-bond donors (Lipinski definition) is 0. The van der Waals surface area contributed by atoms with E-state index in [2.05, 4.69) is 0 Å². The van der Waals surface area contributed by atoms with Crippen LogP contribution in [0.3, 0.4) is 0 Å². The van der Waals surface area contributed by atoms with Crippen LogP contribution >= 0.6 is 0 Å². The van der Waals surface area contributed by atoms with Crippen molar-refractivity contribution in [2.45, 2.75) is 33.1 Å². The van der Waals surface area contributed by atoms with E-state index in [9.17, 15) is 27.6 Å². The molecule has 0 aliphatic heterocycles. The van der Waals surface area contributed by atoms with Gasteiger partial charge in [-0.25, -0.2) is 9.13 Å². The zero-order valence-electron chi connectivity index (χ0n) is 17.8. The summed E-state index contributed by atoms with van der Waals surface area (Å²) in [7, 11) is 0.